The van der Waals surface area contributed by atoms with Crippen molar-refractivity contribution in [3.63, 3.8) is 0 Å². The minimum atomic E-state index is -0.0578. The number of hydrogen-bond donors (Lipinski definition) is 0. The molecule has 1 aliphatic heterocycles. The lowest BCUT2D eigenvalue weighted by Crippen LogP contribution is -2.36. The number of nitrogens with zero attached hydrogens (tertiary/aromatic N) is 3. The molecule has 4 rings (SSSR count). The van der Waals surface area contributed by atoms with Gasteiger partial charge in [-0.1, -0.05) is 48.9 Å². The van der Waals surface area contributed by atoms with Crippen LogP contribution in [0.1, 0.15) is 42.5 Å². The standard InChI is InChI=1S/C30H29N3O3S/c1-5-21(3)33-29(34)28(37-30(33)32-25-13-10-20(2)11-14-25)17-22-12-15-26(27(16-22)35-4)36-19-24-9-7-6-8-23(24)18-31/h6-17,21H,5,19H2,1-4H3/b28-17+,32-30?/t21-/m0/s1. The van der Waals surface area contributed by atoms with Crippen LogP contribution < -0.4 is 9.47 Å². The molecule has 0 aromatic heterocycles. The summed E-state index contributed by atoms with van der Waals surface area (Å²) in [5.41, 5.74) is 4.18. The molecule has 1 saturated heterocycles. The third kappa shape index (κ3) is 6.04. The highest BCUT2D eigenvalue weighted by Gasteiger charge is 2.36. The van der Waals surface area contributed by atoms with Crippen LogP contribution >= 0.6 is 11.8 Å². The zero-order chi connectivity index (χ0) is 26.4. The number of ether oxygens (including phenoxy) is 2. The molecule has 0 spiro atoms. The number of rotatable bonds is 8. The highest BCUT2D eigenvalue weighted by molar-refractivity contribution is 8.18. The fourth-order valence-electron chi connectivity index (χ4n) is 3.82. The van der Waals surface area contributed by atoms with Crippen LogP contribution in [-0.2, 0) is 11.4 Å². The lowest BCUT2D eigenvalue weighted by Gasteiger charge is -2.22. The van der Waals surface area contributed by atoms with Crippen LogP contribution in [0.5, 0.6) is 11.5 Å². The van der Waals surface area contributed by atoms with Gasteiger partial charge in [0.05, 0.1) is 29.3 Å². The maximum Gasteiger partial charge on any atom is 0.266 e. The zero-order valence-corrected chi connectivity index (χ0v) is 22.2. The predicted octanol–water partition coefficient (Wildman–Crippen LogP) is 6.86. The number of carbonyl (C=O) groups is 1. The third-order valence-corrected chi connectivity index (χ3v) is 7.12. The number of hydrogen-bond acceptors (Lipinski definition) is 6. The number of amidine groups is 1. The van der Waals surface area contributed by atoms with Gasteiger partial charge in [-0.2, -0.15) is 5.26 Å². The Morgan fingerprint density at radius 3 is 2.57 bits per heavy atom. The number of thioether (sulfide) groups is 1. The van der Waals surface area contributed by atoms with Crippen LogP contribution in [-0.4, -0.2) is 29.1 Å². The van der Waals surface area contributed by atoms with Crippen LogP contribution in [0.3, 0.4) is 0 Å². The molecule has 188 valence electrons. The van der Waals surface area contributed by atoms with E-state index in [9.17, 15) is 10.1 Å². The van der Waals surface area contributed by atoms with Crippen molar-refractivity contribution < 1.29 is 14.3 Å². The van der Waals surface area contributed by atoms with E-state index in [1.807, 2.05) is 80.6 Å². The van der Waals surface area contributed by atoms with E-state index >= 15 is 0 Å². The van der Waals surface area contributed by atoms with Gasteiger partial charge in [0.15, 0.2) is 16.7 Å². The van der Waals surface area contributed by atoms with Gasteiger partial charge in [-0.25, -0.2) is 4.99 Å². The smallest absolute Gasteiger partial charge is 0.266 e. The Bertz CT molecular complexity index is 1390. The number of carbonyl (C=O) groups excluding carboxylic acids is 1. The number of benzene rings is 3. The largest absolute Gasteiger partial charge is 0.493 e. The number of amides is 1. The Morgan fingerprint density at radius 2 is 1.86 bits per heavy atom. The number of aryl methyl sites for hydroxylation is 1. The first-order chi connectivity index (χ1) is 17.9. The Balaban J connectivity index is 1.59. The average Bonchev–Trinajstić information content (AvgIpc) is 3.22. The molecule has 0 saturated carbocycles. The summed E-state index contributed by atoms with van der Waals surface area (Å²) >= 11 is 1.38. The lowest BCUT2D eigenvalue weighted by molar-refractivity contribution is -0.123. The predicted molar refractivity (Wildman–Crippen MR) is 149 cm³/mol. The molecule has 0 unspecified atom stereocenters. The van der Waals surface area contributed by atoms with Crippen molar-refractivity contribution in [2.24, 2.45) is 4.99 Å². The molecular weight excluding hydrogens is 482 g/mol. The van der Waals surface area contributed by atoms with E-state index in [1.165, 1.54) is 11.8 Å². The SMILES string of the molecule is CC[C@H](C)N1C(=O)/C(=C\c2ccc(OCc3ccccc3C#N)c(OC)c2)SC1=Nc1ccc(C)cc1. The minimum absolute atomic E-state index is 0.0247. The summed E-state index contributed by atoms with van der Waals surface area (Å²) in [5.74, 6) is 1.05. The molecule has 37 heavy (non-hydrogen) atoms. The molecule has 3 aromatic rings. The number of aliphatic imine (C=N–C) groups is 1. The third-order valence-electron chi connectivity index (χ3n) is 6.13. The molecule has 1 fully saturated rings. The first-order valence-corrected chi connectivity index (χ1v) is 12.9. The van der Waals surface area contributed by atoms with E-state index in [4.69, 9.17) is 14.5 Å². The van der Waals surface area contributed by atoms with Gasteiger partial charge in [-0.3, -0.25) is 9.69 Å². The van der Waals surface area contributed by atoms with Gasteiger partial charge < -0.3 is 9.47 Å². The molecule has 1 aliphatic rings. The summed E-state index contributed by atoms with van der Waals surface area (Å²) < 4.78 is 11.5. The molecule has 0 N–H and O–H groups in total. The van der Waals surface area contributed by atoms with Gasteiger partial charge in [0.1, 0.15) is 6.61 Å². The topological polar surface area (TPSA) is 74.9 Å². The number of methoxy groups -OCH3 is 1. The molecule has 0 bridgehead atoms. The Morgan fingerprint density at radius 1 is 1.11 bits per heavy atom. The molecular formula is C30H29N3O3S. The van der Waals surface area contributed by atoms with Crippen LogP contribution in [0.4, 0.5) is 5.69 Å². The van der Waals surface area contributed by atoms with Crippen molar-refractivity contribution in [2.75, 3.05) is 7.11 Å². The van der Waals surface area contributed by atoms with E-state index in [1.54, 1.807) is 18.1 Å². The Kier molecular flexibility index (Phi) is 8.32. The van der Waals surface area contributed by atoms with Crippen LogP contribution in [0.15, 0.2) is 76.6 Å². The minimum Gasteiger partial charge on any atom is -0.493 e. The van der Waals surface area contributed by atoms with Crippen molar-refractivity contribution in [3.8, 4) is 17.6 Å². The second-order valence-electron chi connectivity index (χ2n) is 8.74. The van der Waals surface area contributed by atoms with Gasteiger partial charge in [0, 0.05) is 11.6 Å². The normalized spacial score (nSPS) is 16.2. The van der Waals surface area contributed by atoms with Gasteiger partial charge >= 0.3 is 0 Å². The Hall–Kier alpha value is -4.02. The molecule has 3 aromatic carbocycles. The summed E-state index contributed by atoms with van der Waals surface area (Å²) in [4.78, 5) is 20.5. The van der Waals surface area contributed by atoms with Gasteiger partial charge in [-0.05, 0) is 74.0 Å². The summed E-state index contributed by atoms with van der Waals surface area (Å²) in [6, 6.07) is 23.0. The summed E-state index contributed by atoms with van der Waals surface area (Å²) in [5, 5.41) is 9.99. The quantitative estimate of drug-likeness (QED) is 0.309. The number of nitriles is 1. The first-order valence-electron chi connectivity index (χ1n) is 12.1. The average molecular weight is 512 g/mol. The van der Waals surface area contributed by atoms with Crippen LogP contribution in [0.25, 0.3) is 6.08 Å². The van der Waals surface area contributed by atoms with Gasteiger partial charge in [-0.15, -0.1) is 0 Å². The summed E-state index contributed by atoms with van der Waals surface area (Å²) in [7, 11) is 1.58. The molecule has 1 amide bonds. The lowest BCUT2D eigenvalue weighted by atomic mass is 10.1. The second kappa shape index (κ2) is 11.8. The second-order valence-corrected chi connectivity index (χ2v) is 9.75. The van der Waals surface area contributed by atoms with E-state index in [0.717, 1.165) is 28.8 Å². The van der Waals surface area contributed by atoms with Crippen LogP contribution in [0, 0.1) is 18.3 Å². The van der Waals surface area contributed by atoms with Crippen molar-refractivity contribution in [3.05, 3.63) is 93.9 Å². The molecule has 1 atom stereocenters. The molecule has 1 heterocycles. The van der Waals surface area contributed by atoms with Crippen molar-refractivity contribution in [1.29, 1.82) is 5.26 Å². The van der Waals surface area contributed by atoms with Gasteiger partial charge in [0.25, 0.3) is 5.91 Å². The van der Waals surface area contributed by atoms with E-state index in [2.05, 4.69) is 13.0 Å². The first kappa shape index (κ1) is 26.1. The summed E-state index contributed by atoms with van der Waals surface area (Å²) in [6.45, 7) is 6.38. The van der Waals surface area contributed by atoms with Crippen LogP contribution in [0.2, 0.25) is 0 Å². The maximum atomic E-state index is 13.4. The highest BCUT2D eigenvalue weighted by Crippen LogP contribution is 2.37. The maximum absolute atomic E-state index is 13.4. The monoisotopic (exact) mass is 511 g/mol. The van der Waals surface area contributed by atoms with E-state index < -0.39 is 0 Å². The molecule has 0 aliphatic carbocycles. The van der Waals surface area contributed by atoms with Crippen molar-refractivity contribution >= 4 is 34.6 Å². The van der Waals surface area contributed by atoms with Gasteiger partial charge in [0.2, 0.25) is 0 Å². The van der Waals surface area contributed by atoms with E-state index in [0.29, 0.717) is 27.1 Å². The summed E-state index contributed by atoms with van der Waals surface area (Å²) in [6.07, 6.45) is 2.68. The fourth-order valence-corrected chi connectivity index (χ4v) is 4.91. The van der Waals surface area contributed by atoms with E-state index in [-0.39, 0.29) is 18.6 Å². The highest BCUT2D eigenvalue weighted by atomic mass is 32.2. The van der Waals surface area contributed by atoms with Crippen molar-refractivity contribution in [2.45, 2.75) is 39.8 Å². The van der Waals surface area contributed by atoms with Crippen molar-refractivity contribution in [1.82, 2.24) is 4.90 Å². The molecule has 6 nitrogen and oxygen atoms in total. The molecule has 0 radical (unpaired) electrons. The fraction of sp³-hybridized carbons (Fsp3) is 0.233. The zero-order valence-electron chi connectivity index (χ0n) is 21.4. The Labute approximate surface area is 222 Å². The molecule has 7 heteroatoms.